The van der Waals surface area contributed by atoms with E-state index in [-0.39, 0.29) is 12.5 Å². The van der Waals surface area contributed by atoms with Crippen LogP contribution in [0.1, 0.15) is 0 Å². The highest BCUT2D eigenvalue weighted by molar-refractivity contribution is 7.99. The lowest BCUT2D eigenvalue weighted by Crippen LogP contribution is -2.20. The molecule has 3 rings (SSSR count). The molecule has 0 aliphatic carbocycles. The summed E-state index contributed by atoms with van der Waals surface area (Å²) < 4.78 is 5.47. The van der Waals surface area contributed by atoms with E-state index in [2.05, 4.69) is 5.32 Å². The number of hydrogen-bond donors (Lipinski definition) is 1. The minimum Gasteiger partial charge on any atom is -0.482 e. The summed E-state index contributed by atoms with van der Waals surface area (Å²) in [5.41, 5.74) is 0.729. The Labute approximate surface area is 166 Å². The Morgan fingerprint density at radius 2 is 1.69 bits per heavy atom. The van der Waals surface area contributed by atoms with E-state index in [1.165, 1.54) is 0 Å². The number of carbonyl (C=O) groups is 1. The maximum atomic E-state index is 12.3. The molecule has 0 fully saturated rings. The Kier molecular flexibility index (Phi) is 6.45. The summed E-state index contributed by atoms with van der Waals surface area (Å²) in [5.74, 6) is 0.100. The molecule has 0 aromatic heterocycles. The number of rotatable bonds is 6. The predicted molar refractivity (Wildman–Crippen MR) is 108 cm³/mol. The summed E-state index contributed by atoms with van der Waals surface area (Å²) in [7, 11) is 0. The van der Waals surface area contributed by atoms with Gasteiger partial charge in [-0.15, -0.1) is 0 Å². The fraction of sp³-hybridized carbons (Fsp3) is 0.0500. The van der Waals surface area contributed by atoms with E-state index < -0.39 is 0 Å². The molecular formula is C20H15Cl2NO2S. The van der Waals surface area contributed by atoms with Gasteiger partial charge in [0.25, 0.3) is 5.91 Å². The lowest BCUT2D eigenvalue weighted by atomic mass is 10.3. The Morgan fingerprint density at radius 1 is 0.962 bits per heavy atom. The molecule has 0 aliphatic heterocycles. The number of amides is 1. The molecule has 3 aromatic rings. The third-order valence-corrected chi connectivity index (χ3v) is 5.02. The van der Waals surface area contributed by atoms with Crippen molar-refractivity contribution in [3.8, 4) is 5.75 Å². The van der Waals surface area contributed by atoms with Crippen LogP contribution in [0.2, 0.25) is 10.0 Å². The van der Waals surface area contributed by atoms with Crippen LogP contribution in [-0.4, -0.2) is 12.5 Å². The average molecular weight is 404 g/mol. The molecule has 0 atom stereocenters. The highest BCUT2D eigenvalue weighted by Crippen LogP contribution is 2.33. The fourth-order valence-electron chi connectivity index (χ4n) is 2.19. The van der Waals surface area contributed by atoms with Crippen molar-refractivity contribution in [1.82, 2.24) is 0 Å². The van der Waals surface area contributed by atoms with Crippen molar-refractivity contribution < 1.29 is 9.53 Å². The van der Waals surface area contributed by atoms with Crippen LogP contribution >= 0.6 is 35.0 Å². The van der Waals surface area contributed by atoms with E-state index in [0.717, 1.165) is 15.5 Å². The molecular weight excluding hydrogens is 389 g/mol. The molecule has 1 amide bonds. The molecule has 0 aliphatic rings. The zero-order valence-corrected chi connectivity index (χ0v) is 15.9. The van der Waals surface area contributed by atoms with E-state index in [4.69, 9.17) is 27.9 Å². The van der Waals surface area contributed by atoms with E-state index in [1.54, 1.807) is 30.0 Å². The first-order valence-corrected chi connectivity index (χ1v) is 9.39. The number of halogens is 2. The van der Waals surface area contributed by atoms with Crippen LogP contribution in [0.15, 0.2) is 82.6 Å². The van der Waals surface area contributed by atoms with Gasteiger partial charge in [0.2, 0.25) is 0 Å². The number of ether oxygens (including phenoxy) is 1. The van der Waals surface area contributed by atoms with Gasteiger partial charge in [0.15, 0.2) is 6.61 Å². The van der Waals surface area contributed by atoms with Crippen LogP contribution in [0.3, 0.4) is 0 Å². The van der Waals surface area contributed by atoms with Crippen molar-refractivity contribution in [2.24, 2.45) is 0 Å². The predicted octanol–water partition coefficient (Wildman–Crippen LogP) is 6.16. The first-order chi connectivity index (χ1) is 12.6. The summed E-state index contributed by atoms with van der Waals surface area (Å²) in [5, 5.41) is 3.77. The van der Waals surface area contributed by atoms with Gasteiger partial charge in [-0.1, -0.05) is 65.3 Å². The van der Waals surface area contributed by atoms with E-state index in [0.29, 0.717) is 15.8 Å². The second kappa shape index (κ2) is 8.99. The summed E-state index contributed by atoms with van der Waals surface area (Å²) in [4.78, 5) is 14.3. The third kappa shape index (κ3) is 5.18. The molecule has 26 heavy (non-hydrogen) atoms. The highest BCUT2D eigenvalue weighted by atomic mass is 35.5. The smallest absolute Gasteiger partial charge is 0.262 e. The molecule has 3 nitrogen and oxygen atoms in total. The van der Waals surface area contributed by atoms with Gasteiger partial charge >= 0.3 is 0 Å². The van der Waals surface area contributed by atoms with Gasteiger partial charge in [0, 0.05) is 20.9 Å². The zero-order valence-electron chi connectivity index (χ0n) is 13.6. The quantitative estimate of drug-likeness (QED) is 0.535. The van der Waals surface area contributed by atoms with Gasteiger partial charge in [-0.05, 0) is 36.4 Å². The molecule has 0 radical (unpaired) electrons. The summed E-state index contributed by atoms with van der Waals surface area (Å²) >= 11 is 13.5. The Bertz CT molecular complexity index is 903. The first-order valence-electron chi connectivity index (χ1n) is 7.81. The maximum absolute atomic E-state index is 12.3. The Balaban J connectivity index is 1.65. The number of hydrogen-bond acceptors (Lipinski definition) is 3. The summed E-state index contributed by atoms with van der Waals surface area (Å²) in [6, 6.07) is 22.5. The van der Waals surface area contributed by atoms with E-state index in [9.17, 15) is 4.79 Å². The number of anilines is 1. The van der Waals surface area contributed by atoms with Crippen molar-refractivity contribution in [2.75, 3.05) is 11.9 Å². The minimum atomic E-state index is -0.276. The minimum absolute atomic E-state index is 0.162. The normalized spacial score (nSPS) is 10.4. The fourth-order valence-corrected chi connectivity index (χ4v) is 3.45. The maximum Gasteiger partial charge on any atom is 0.262 e. The second-order valence-electron chi connectivity index (χ2n) is 5.32. The van der Waals surface area contributed by atoms with Crippen molar-refractivity contribution >= 4 is 46.6 Å². The van der Waals surface area contributed by atoms with Gasteiger partial charge in [-0.25, -0.2) is 0 Å². The van der Waals surface area contributed by atoms with Gasteiger partial charge in [-0.3, -0.25) is 4.79 Å². The standard InChI is InChI=1S/C20H15Cl2NO2S/c21-14-10-11-16(22)18(12-14)25-13-20(24)23-17-8-4-5-9-19(17)26-15-6-2-1-3-7-15/h1-12H,13H2,(H,23,24). The lowest BCUT2D eigenvalue weighted by Gasteiger charge is -2.12. The van der Waals surface area contributed by atoms with Crippen LogP contribution in [-0.2, 0) is 4.79 Å². The topological polar surface area (TPSA) is 38.3 Å². The Hall–Kier alpha value is -2.14. The first kappa shape index (κ1) is 18.6. The summed E-state index contributed by atoms with van der Waals surface area (Å²) in [6.07, 6.45) is 0. The van der Waals surface area contributed by atoms with Crippen molar-refractivity contribution in [1.29, 1.82) is 0 Å². The molecule has 0 saturated heterocycles. The summed E-state index contributed by atoms with van der Waals surface area (Å²) in [6.45, 7) is -0.162. The highest BCUT2D eigenvalue weighted by Gasteiger charge is 2.10. The van der Waals surface area contributed by atoms with Crippen molar-refractivity contribution in [3.05, 3.63) is 82.8 Å². The molecule has 6 heteroatoms. The van der Waals surface area contributed by atoms with Crippen LogP contribution in [0.5, 0.6) is 5.75 Å². The SMILES string of the molecule is O=C(COc1cc(Cl)ccc1Cl)Nc1ccccc1Sc1ccccc1. The molecule has 0 unspecified atom stereocenters. The number of carbonyl (C=O) groups excluding carboxylic acids is 1. The monoisotopic (exact) mass is 403 g/mol. The zero-order chi connectivity index (χ0) is 18.4. The van der Waals surface area contributed by atoms with Gasteiger partial charge in [0.05, 0.1) is 10.7 Å². The van der Waals surface area contributed by atoms with Crippen molar-refractivity contribution in [2.45, 2.75) is 9.79 Å². The van der Waals surface area contributed by atoms with Gasteiger partial charge in [0.1, 0.15) is 5.75 Å². The molecule has 0 heterocycles. The van der Waals surface area contributed by atoms with Crippen LogP contribution < -0.4 is 10.1 Å². The molecule has 132 valence electrons. The Morgan fingerprint density at radius 3 is 2.50 bits per heavy atom. The molecule has 1 N–H and O–H groups in total. The third-order valence-electron chi connectivity index (χ3n) is 3.38. The molecule has 3 aromatic carbocycles. The van der Waals surface area contributed by atoms with Crippen LogP contribution in [0.25, 0.3) is 0 Å². The van der Waals surface area contributed by atoms with Crippen LogP contribution in [0.4, 0.5) is 5.69 Å². The molecule has 0 spiro atoms. The van der Waals surface area contributed by atoms with Gasteiger partial charge < -0.3 is 10.1 Å². The van der Waals surface area contributed by atoms with Crippen LogP contribution in [0, 0.1) is 0 Å². The molecule has 0 bridgehead atoms. The van der Waals surface area contributed by atoms with Gasteiger partial charge in [-0.2, -0.15) is 0 Å². The second-order valence-corrected chi connectivity index (χ2v) is 7.28. The lowest BCUT2D eigenvalue weighted by molar-refractivity contribution is -0.118. The number of nitrogens with one attached hydrogen (secondary N) is 1. The van der Waals surface area contributed by atoms with Crippen molar-refractivity contribution in [3.63, 3.8) is 0 Å². The number of benzene rings is 3. The number of para-hydroxylation sites is 1. The molecule has 0 saturated carbocycles. The van der Waals surface area contributed by atoms with E-state index in [1.807, 2.05) is 54.6 Å². The average Bonchev–Trinajstić information content (AvgIpc) is 2.65. The largest absolute Gasteiger partial charge is 0.482 e. The van der Waals surface area contributed by atoms with E-state index >= 15 is 0 Å².